The highest BCUT2D eigenvalue weighted by molar-refractivity contribution is 7.99. The second kappa shape index (κ2) is 8.95. The first-order chi connectivity index (χ1) is 13.8. The van der Waals surface area contributed by atoms with Crippen molar-refractivity contribution in [3.05, 3.63) is 72.1 Å². The van der Waals surface area contributed by atoms with Gasteiger partial charge in [0.1, 0.15) is 11.5 Å². The highest BCUT2D eigenvalue weighted by Gasteiger charge is 2.16. The number of ether oxygens (including phenoxy) is 2. The lowest BCUT2D eigenvalue weighted by Crippen LogP contribution is -2.03. The maximum Gasteiger partial charge on any atom is 0.196 e. The molecule has 142 valence electrons. The zero-order valence-electron chi connectivity index (χ0n) is 15.3. The van der Waals surface area contributed by atoms with Crippen LogP contribution >= 0.6 is 23.1 Å². The highest BCUT2D eigenvalue weighted by atomic mass is 32.2. The van der Waals surface area contributed by atoms with E-state index in [1.807, 2.05) is 48.5 Å². The standard InChI is InChI=1S/C21H19N3O2S2/c1-25-17-9-11-18(12-10-17)26-13-15-28-21-23-22-20(19-8-5-14-27-19)24(21)16-6-3-2-4-7-16/h2-12,14H,13,15H2,1H3. The van der Waals surface area contributed by atoms with Crippen molar-refractivity contribution in [3.8, 4) is 27.9 Å². The van der Waals surface area contributed by atoms with Gasteiger partial charge in [-0.05, 0) is 47.8 Å². The Balaban J connectivity index is 1.47. The van der Waals surface area contributed by atoms with E-state index in [4.69, 9.17) is 9.47 Å². The van der Waals surface area contributed by atoms with Gasteiger partial charge < -0.3 is 9.47 Å². The molecule has 0 aliphatic heterocycles. The summed E-state index contributed by atoms with van der Waals surface area (Å²) in [5.41, 5.74) is 1.05. The molecular weight excluding hydrogens is 390 g/mol. The highest BCUT2D eigenvalue weighted by Crippen LogP contribution is 2.30. The van der Waals surface area contributed by atoms with Crippen LogP contribution in [-0.2, 0) is 0 Å². The number of benzene rings is 2. The van der Waals surface area contributed by atoms with Crippen molar-refractivity contribution >= 4 is 23.1 Å². The van der Waals surface area contributed by atoms with E-state index in [2.05, 4.69) is 38.3 Å². The Kier molecular flexibility index (Phi) is 5.94. The van der Waals surface area contributed by atoms with Crippen LogP contribution in [0.5, 0.6) is 11.5 Å². The molecule has 0 spiro atoms. The summed E-state index contributed by atoms with van der Waals surface area (Å²) in [4.78, 5) is 1.10. The number of hydrogen-bond donors (Lipinski definition) is 0. The summed E-state index contributed by atoms with van der Waals surface area (Å²) < 4.78 is 13.1. The summed E-state index contributed by atoms with van der Waals surface area (Å²) >= 11 is 3.29. The second-order valence-corrected chi connectivity index (χ2v) is 7.84. The average Bonchev–Trinajstić information content (AvgIpc) is 3.42. The van der Waals surface area contributed by atoms with Gasteiger partial charge in [-0.2, -0.15) is 0 Å². The minimum atomic E-state index is 0.576. The quantitative estimate of drug-likeness (QED) is 0.297. The van der Waals surface area contributed by atoms with E-state index < -0.39 is 0 Å². The van der Waals surface area contributed by atoms with E-state index in [9.17, 15) is 0 Å². The van der Waals surface area contributed by atoms with Crippen molar-refractivity contribution in [1.82, 2.24) is 14.8 Å². The monoisotopic (exact) mass is 409 g/mol. The first kappa shape index (κ1) is 18.6. The first-order valence-electron chi connectivity index (χ1n) is 8.79. The predicted molar refractivity (Wildman–Crippen MR) is 114 cm³/mol. The normalized spacial score (nSPS) is 10.8. The molecule has 0 saturated heterocycles. The number of para-hydroxylation sites is 1. The number of nitrogens with zero attached hydrogens (tertiary/aromatic N) is 3. The van der Waals surface area contributed by atoms with Crippen LogP contribution in [0.15, 0.2) is 77.3 Å². The topological polar surface area (TPSA) is 49.2 Å². The minimum Gasteiger partial charge on any atom is -0.497 e. The zero-order valence-corrected chi connectivity index (χ0v) is 17.0. The molecular formula is C21H19N3O2S2. The van der Waals surface area contributed by atoms with Crippen LogP contribution in [0.3, 0.4) is 0 Å². The summed E-state index contributed by atoms with van der Waals surface area (Å²) in [6.45, 7) is 0.576. The number of thiophene rings is 1. The second-order valence-electron chi connectivity index (χ2n) is 5.83. The van der Waals surface area contributed by atoms with Gasteiger partial charge in [-0.15, -0.1) is 21.5 Å². The van der Waals surface area contributed by atoms with Gasteiger partial charge >= 0.3 is 0 Å². The maximum absolute atomic E-state index is 5.82. The van der Waals surface area contributed by atoms with Crippen molar-refractivity contribution in [2.45, 2.75) is 5.16 Å². The van der Waals surface area contributed by atoms with Gasteiger partial charge in [0.2, 0.25) is 0 Å². The third-order valence-electron chi connectivity index (χ3n) is 4.03. The fourth-order valence-corrected chi connectivity index (χ4v) is 4.17. The molecule has 28 heavy (non-hydrogen) atoms. The van der Waals surface area contributed by atoms with Gasteiger partial charge in [-0.3, -0.25) is 4.57 Å². The van der Waals surface area contributed by atoms with Gasteiger partial charge in [0.15, 0.2) is 11.0 Å². The third-order valence-corrected chi connectivity index (χ3v) is 5.79. The van der Waals surface area contributed by atoms with Gasteiger partial charge in [-0.1, -0.05) is 36.0 Å². The molecule has 0 atom stereocenters. The molecule has 2 aromatic carbocycles. The fraction of sp³-hybridized carbons (Fsp3) is 0.143. The molecule has 4 aromatic rings. The number of thioether (sulfide) groups is 1. The predicted octanol–water partition coefficient (Wildman–Crippen LogP) is 5.18. The summed E-state index contributed by atoms with van der Waals surface area (Å²) in [5, 5.41) is 11.8. The Hall–Kier alpha value is -2.77. The van der Waals surface area contributed by atoms with Gasteiger partial charge in [0.25, 0.3) is 0 Å². The van der Waals surface area contributed by atoms with Crippen LogP contribution in [-0.4, -0.2) is 34.2 Å². The van der Waals surface area contributed by atoms with Crippen molar-refractivity contribution in [3.63, 3.8) is 0 Å². The summed E-state index contributed by atoms with van der Waals surface area (Å²) in [6.07, 6.45) is 0. The van der Waals surface area contributed by atoms with E-state index in [0.29, 0.717) is 6.61 Å². The largest absolute Gasteiger partial charge is 0.497 e. The van der Waals surface area contributed by atoms with Crippen LogP contribution in [0.25, 0.3) is 16.4 Å². The summed E-state index contributed by atoms with van der Waals surface area (Å²) in [6, 6.07) is 21.9. The van der Waals surface area contributed by atoms with Crippen molar-refractivity contribution < 1.29 is 9.47 Å². The van der Waals surface area contributed by atoms with Crippen LogP contribution in [0.1, 0.15) is 0 Å². The molecule has 5 nitrogen and oxygen atoms in total. The lowest BCUT2D eigenvalue weighted by molar-refractivity contribution is 0.342. The van der Waals surface area contributed by atoms with E-state index in [1.54, 1.807) is 30.2 Å². The molecule has 0 radical (unpaired) electrons. The number of aromatic nitrogens is 3. The van der Waals surface area contributed by atoms with Gasteiger partial charge in [0.05, 0.1) is 18.6 Å². The van der Waals surface area contributed by atoms with Gasteiger partial charge in [0, 0.05) is 11.4 Å². The first-order valence-corrected chi connectivity index (χ1v) is 10.7. The van der Waals surface area contributed by atoms with Crippen LogP contribution in [0, 0.1) is 0 Å². The fourth-order valence-electron chi connectivity index (χ4n) is 2.70. The summed E-state index contributed by atoms with van der Waals surface area (Å²) in [5.74, 6) is 3.27. The molecule has 0 aliphatic rings. The van der Waals surface area contributed by atoms with Crippen LogP contribution < -0.4 is 9.47 Å². The number of hydrogen-bond acceptors (Lipinski definition) is 6. The number of methoxy groups -OCH3 is 1. The molecule has 0 N–H and O–H groups in total. The van der Waals surface area contributed by atoms with Gasteiger partial charge in [-0.25, -0.2) is 0 Å². The molecule has 0 bridgehead atoms. The van der Waals surface area contributed by atoms with E-state index in [-0.39, 0.29) is 0 Å². The average molecular weight is 410 g/mol. The Morgan fingerprint density at radius 2 is 1.71 bits per heavy atom. The Labute approximate surface area is 172 Å². The van der Waals surface area contributed by atoms with Crippen molar-refractivity contribution in [2.75, 3.05) is 19.5 Å². The molecule has 0 saturated carbocycles. The number of rotatable bonds is 8. The van der Waals surface area contributed by atoms with E-state index in [0.717, 1.165) is 38.8 Å². The Morgan fingerprint density at radius 1 is 0.929 bits per heavy atom. The zero-order chi connectivity index (χ0) is 19.2. The molecule has 0 aliphatic carbocycles. The molecule has 7 heteroatoms. The smallest absolute Gasteiger partial charge is 0.196 e. The molecule has 4 rings (SSSR count). The molecule has 2 heterocycles. The molecule has 0 fully saturated rings. The molecule has 2 aromatic heterocycles. The minimum absolute atomic E-state index is 0.576. The summed E-state index contributed by atoms with van der Waals surface area (Å²) in [7, 11) is 1.65. The van der Waals surface area contributed by atoms with Crippen molar-refractivity contribution in [2.24, 2.45) is 0 Å². The molecule has 0 amide bonds. The van der Waals surface area contributed by atoms with Crippen LogP contribution in [0.4, 0.5) is 0 Å². The van der Waals surface area contributed by atoms with Crippen LogP contribution in [0.2, 0.25) is 0 Å². The van der Waals surface area contributed by atoms with E-state index >= 15 is 0 Å². The Bertz CT molecular complexity index is 1000. The maximum atomic E-state index is 5.82. The third kappa shape index (κ3) is 4.21. The van der Waals surface area contributed by atoms with Crippen molar-refractivity contribution in [1.29, 1.82) is 0 Å². The lowest BCUT2D eigenvalue weighted by Gasteiger charge is -2.10. The lowest BCUT2D eigenvalue weighted by atomic mass is 10.3. The Morgan fingerprint density at radius 3 is 2.43 bits per heavy atom. The molecule has 0 unspecified atom stereocenters. The SMILES string of the molecule is COc1ccc(OCCSc2nnc(-c3cccs3)n2-c2ccccc2)cc1. The van der Waals surface area contributed by atoms with E-state index in [1.165, 1.54) is 0 Å².